The third kappa shape index (κ3) is 69.0. The summed E-state index contributed by atoms with van der Waals surface area (Å²) in [6.45, 7) is 14.2. The molecule has 0 aromatic rings. The van der Waals surface area contributed by atoms with Gasteiger partial charge in [0.15, 0.2) is 12.2 Å². The number of ether oxygens (including phenoxy) is 4. The van der Waals surface area contributed by atoms with E-state index in [4.69, 9.17) is 37.0 Å². The molecule has 0 aromatic carbocycles. The number of esters is 4. The Balaban J connectivity index is 5.26. The maximum atomic E-state index is 13.1. The lowest BCUT2D eigenvalue weighted by atomic mass is 10.00. The van der Waals surface area contributed by atoms with Gasteiger partial charge in [0.2, 0.25) is 0 Å². The highest BCUT2D eigenvalue weighted by Crippen LogP contribution is 2.45. The van der Waals surface area contributed by atoms with Gasteiger partial charge in [0.25, 0.3) is 0 Å². The summed E-state index contributed by atoms with van der Waals surface area (Å²) in [6.07, 6.45) is 49.9. The first-order valence-corrected chi connectivity index (χ1v) is 42.2. The van der Waals surface area contributed by atoms with E-state index in [1.54, 1.807) is 0 Å². The number of unbranched alkanes of at least 4 members (excludes halogenated alkanes) is 38. The number of hydrogen-bond acceptors (Lipinski definition) is 15. The van der Waals surface area contributed by atoms with Crippen LogP contribution >= 0.6 is 15.6 Å². The van der Waals surface area contributed by atoms with Gasteiger partial charge in [-0.05, 0) is 49.4 Å². The van der Waals surface area contributed by atoms with Gasteiger partial charge >= 0.3 is 39.5 Å². The standard InChI is InChI=1S/C76H148O17P2/c1-9-69(8)55-47-39-34-35-41-49-57-74(79)87-63-72(93-76(81)59-51-43-33-27-21-15-18-24-30-38-46-54-68(6)7)65-91-95(84,85)89-61-70(77)60-88-94(82,83)90-64-71(62-86-73(78)56-48-40-31-25-19-14-13-17-23-29-37-45-53-67(4)5)92-75(80)58-50-42-32-26-20-12-10-11-16-22-28-36-44-52-66(2)3/h66-72,77H,9-65H2,1-8H3,(H,82,83)(H,84,85)/t69?,70-,71-,72-/m1/s1. The van der Waals surface area contributed by atoms with Crippen LogP contribution in [0.1, 0.15) is 383 Å². The van der Waals surface area contributed by atoms with Crippen molar-refractivity contribution in [1.82, 2.24) is 0 Å². The van der Waals surface area contributed by atoms with Gasteiger partial charge in [-0.1, -0.05) is 331 Å². The number of carbonyl (C=O) groups excluding carboxylic acids is 4. The molecule has 0 rings (SSSR count). The fourth-order valence-electron chi connectivity index (χ4n) is 11.5. The predicted octanol–water partition coefficient (Wildman–Crippen LogP) is 22.0. The zero-order chi connectivity index (χ0) is 70.3. The van der Waals surface area contributed by atoms with E-state index in [0.29, 0.717) is 25.7 Å². The lowest BCUT2D eigenvalue weighted by Crippen LogP contribution is -2.30. The monoisotopic (exact) mass is 1400 g/mol. The number of aliphatic hydroxyl groups excluding tert-OH is 1. The van der Waals surface area contributed by atoms with E-state index in [2.05, 4.69) is 55.4 Å². The molecule has 0 saturated heterocycles. The number of phosphoric ester groups is 2. The molecule has 3 N–H and O–H groups in total. The molecule has 0 amide bonds. The highest BCUT2D eigenvalue weighted by Gasteiger charge is 2.30. The Morgan fingerprint density at radius 3 is 0.747 bits per heavy atom. The van der Waals surface area contributed by atoms with Crippen molar-refractivity contribution >= 4 is 39.5 Å². The summed E-state index contributed by atoms with van der Waals surface area (Å²) in [5, 5.41) is 10.6. The molecule has 0 heterocycles. The largest absolute Gasteiger partial charge is 0.472 e. The molecule has 564 valence electrons. The van der Waals surface area contributed by atoms with Gasteiger partial charge in [0.05, 0.1) is 26.4 Å². The molecule has 6 atom stereocenters. The maximum absolute atomic E-state index is 13.1. The van der Waals surface area contributed by atoms with Crippen LogP contribution in [0.3, 0.4) is 0 Å². The molecular formula is C76H148O17P2. The molecule has 0 aliphatic heterocycles. The summed E-state index contributed by atoms with van der Waals surface area (Å²) in [5.41, 5.74) is 0. The summed E-state index contributed by atoms with van der Waals surface area (Å²) in [5.74, 6) is 0.944. The fourth-order valence-corrected chi connectivity index (χ4v) is 13.1. The summed E-state index contributed by atoms with van der Waals surface area (Å²) in [7, 11) is -9.91. The zero-order valence-corrected chi connectivity index (χ0v) is 64.1. The van der Waals surface area contributed by atoms with Crippen LogP contribution in [-0.2, 0) is 65.4 Å². The first-order chi connectivity index (χ1) is 45.6. The zero-order valence-electron chi connectivity index (χ0n) is 62.3. The third-order valence-corrected chi connectivity index (χ3v) is 19.8. The molecule has 0 saturated carbocycles. The first-order valence-electron chi connectivity index (χ1n) is 39.2. The van der Waals surface area contributed by atoms with Crippen molar-refractivity contribution in [3.05, 3.63) is 0 Å². The predicted molar refractivity (Wildman–Crippen MR) is 386 cm³/mol. The Morgan fingerprint density at radius 2 is 0.505 bits per heavy atom. The summed E-state index contributed by atoms with van der Waals surface area (Å²) >= 11 is 0. The second-order valence-corrected chi connectivity index (χ2v) is 32.0. The highest BCUT2D eigenvalue weighted by atomic mass is 31.2. The SMILES string of the molecule is CCC(C)CCCCCCCCC(=O)OC[C@H](COP(=O)(O)OC[C@H](O)COP(=O)(O)OC[C@@H](COC(=O)CCCCCCCCCCCCCCC(C)C)OC(=O)CCCCCCCCCCCCCCCC(C)C)OC(=O)CCCCCCCCCCCCCC(C)C. The Labute approximate surface area is 581 Å². The second-order valence-electron chi connectivity index (χ2n) is 29.1. The minimum absolute atomic E-state index is 0.105. The number of carbonyl (C=O) groups is 4. The molecule has 17 nitrogen and oxygen atoms in total. The van der Waals surface area contributed by atoms with E-state index < -0.39 is 97.5 Å². The van der Waals surface area contributed by atoms with Crippen molar-refractivity contribution in [1.29, 1.82) is 0 Å². The Hall–Kier alpha value is -1.94. The van der Waals surface area contributed by atoms with Crippen LogP contribution in [-0.4, -0.2) is 96.7 Å². The van der Waals surface area contributed by atoms with E-state index in [1.165, 1.54) is 180 Å². The van der Waals surface area contributed by atoms with Crippen LogP contribution in [0.25, 0.3) is 0 Å². The van der Waals surface area contributed by atoms with Crippen LogP contribution in [0.4, 0.5) is 0 Å². The van der Waals surface area contributed by atoms with Crippen molar-refractivity contribution in [2.24, 2.45) is 23.7 Å². The van der Waals surface area contributed by atoms with Crippen molar-refractivity contribution in [3.8, 4) is 0 Å². The van der Waals surface area contributed by atoms with Crippen LogP contribution in [0, 0.1) is 23.7 Å². The number of aliphatic hydroxyl groups is 1. The molecule has 0 aliphatic rings. The molecule has 0 aliphatic carbocycles. The molecule has 3 unspecified atom stereocenters. The van der Waals surface area contributed by atoms with Gasteiger partial charge in [-0.15, -0.1) is 0 Å². The molecule has 0 aromatic heterocycles. The molecule has 19 heteroatoms. The van der Waals surface area contributed by atoms with Crippen molar-refractivity contribution < 1.29 is 80.2 Å². The van der Waals surface area contributed by atoms with Gasteiger partial charge in [-0.3, -0.25) is 37.3 Å². The van der Waals surface area contributed by atoms with E-state index in [9.17, 15) is 43.2 Å². The van der Waals surface area contributed by atoms with Crippen molar-refractivity contribution in [3.63, 3.8) is 0 Å². The third-order valence-electron chi connectivity index (χ3n) is 17.9. The van der Waals surface area contributed by atoms with Crippen LogP contribution in [0.5, 0.6) is 0 Å². The fraction of sp³-hybridized carbons (Fsp3) is 0.947. The highest BCUT2D eigenvalue weighted by molar-refractivity contribution is 7.47. The smallest absolute Gasteiger partial charge is 0.462 e. The first kappa shape index (κ1) is 93.1. The van der Waals surface area contributed by atoms with Crippen LogP contribution in [0.15, 0.2) is 0 Å². The summed E-state index contributed by atoms with van der Waals surface area (Å²) < 4.78 is 68.5. The van der Waals surface area contributed by atoms with Gasteiger partial charge in [0, 0.05) is 25.7 Å². The van der Waals surface area contributed by atoms with Crippen molar-refractivity contribution in [2.45, 2.75) is 401 Å². The summed E-state index contributed by atoms with van der Waals surface area (Å²) in [6, 6.07) is 0. The van der Waals surface area contributed by atoms with Crippen LogP contribution < -0.4 is 0 Å². The molecule has 0 radical (unpaired) electrons. The van der Waals surface area contributed by atoms with E-state index in [1.807, 2.05) is 0 Å². The lowest BCUT2D eigenvalue weighted by Gasteiger charge is -2.21. The minimum atomic E-state index is -4.96. The second kappa shape index (κ2) is 65.4. The maximum Gasteiger partial charge on any atom is 0.472 e. The lowest BCUT2D eigenvalue weighted by molar-refractivity contribution is -0.161. The topological polar surface area (TPSA) is 237 Å². The normalized spacial score (nSPS) is 14.4. The average Bonchev–Trinajstić information content (AvgIpc) is 1.25. The molecule has 0 bridgehead atoms. The summed E-state index contributed by atoms with van der Waals surface area (Å²) in [4.78, 5) is 72.8. The van der Waals surface area contributed by atoms with Gasteiger partial charge in [-0.25, -0.2) is 9.13 Å². The van der Waals surface area contributed by atoms with Gasteiger partial charge in [0.1, 0.15) is 19.3 Å². The number of rotatable bonds is 73. The molecular weight excluding hydrogens is 1250 g/mol. The number of phosphoric acid groups is 2. The van der Waals surface area contributed by atoms with Crippen molar-refractivity contribution in [2.75, 3.05) is 39.6 Å². The Kier molecular flexibility index (Phi) is 64.0. The average molecular weight is 1400 g/mol. The van der Waals surface area contributed by atoms with E-state index in [0.717, 1.165) is 120 Å². The quantitative estimate of drug-likeness (QED) is 0.0222. The Bertz CT molecular complexity index is 1870. The van der Waals surface area contributed by atoms with Crippen LogP contribution in [0.2, 0.25) is 0 Å². The van der Waals surface area contributed by atoms with E-state index in [-0.39, 0.29) is 25.7 Å². The molecule has 95 heavy (non-hydrogen) atoms. The minimum Gasteiger partial charge on any atom is -0.462 e. The molecule has 0 fully saturated rings. The van der Waals surface area contributed by atoms with Gasteiger partial charge in [-0.2, -0.15) is 0 Å². The van der Waals surface area contributed by atoms with Gasteiger partial charge < -0.3 is 33.8 Å². The molecule has 0 spiro atoms. The van der Waals surface area contributed by atoms with E-state index >= 15 is 0 Å². The number of hydrogen-bond donors (Lipinski definition) is 3. The Morgan fingerprint density at radius 1 is 0.295 bits per heavy atom.